The minimum absolute atomic E-state index is 0.142. The van der Waals surface area contributed by atoms with Gasteiger partial charge >= 0.3 is 0 Å². The Morgan fingerprint density at radius 1 is 1.23 bits per heavy atom. The lowest BCUT2D eigenvalue weighted by atomic mass is 9.97. The lowest BCUT2D eigenvalue weighted by Crippen LogP contribution is -2.48. The fourth-order valence-corrected chi connectivity index (χ4v) is 2.40. The number of rotatable bonds is 5. The maximum atomic E-state index is 12.5. The third-order valence-corrected chi connectivity index (χ3v) is 3.61. The fourth-order valence-electron chi connectivity index (χ4n) is 2.40. The van der Waals surface area contributed by atoms with E-state index in [0.29, 0.717) is 5.56 Å². The number of benzene rings is 2. The van der Waals surface area contributed by atoms with E-state index in [1.807, 2.05) is 36.4 Å². The molecule has 0 saturated carbocycles. The van der Waals surface area contributed by atoms with Crippen LogP contribution in [0.3, 0.4) is 0 Å². The molecule has 3 N–H and O–H groups in total. The molecule has 2 atom stereocenters. The molecule has 0 radical (unpaired) electrons. The number of carbonyl (C=O) groups is 2. The third-order valence-electron chi connectivity index (χ3n) is 3.61. The van der Waals surface area contributed by atoms with Gasteiger partial charge in [0.15, 0.2) is 0 Å². The molecule has 5 heteroatoms. The van der Waals surface area contributed by atoms with Gasteiger partial charge in [0.05, 0.1) is 6.07 Å². The van der Waals surface area contributed by atoms with E-state index in [1.165, 1.54) is 0 Å². The quantitative estimate of drug-likeness (QED) is 0.882. The van der Waals surface area contributed by atoms with E-state index in [-0.39, 0.29) is 18.2 Å². The van der Waals surface area contributed by atoms with Gasteiger partial charge in [-0.3, -0.25) is 9.59 Å². The topological polar surface area (TPSA) is 96.0 Å². The summed E-state index contributed by atoms with van der Waals surface area (Å²) in [6.45, 7) is 1.71. The van der Waals surface area contributed by atoms with Crippen LogP contribution in [-0.4, -0.2) is 17.9 Å². The van der Waals surface area contributed by atoms with Crippen molar-refractivity contribution in [2.45, 2.75) is 19.4 Å². The molecule has 0 fully saturated rings. The van der Waals surface area contributed by atoms with Gasteiger partial charge in [-0.05, 0) is 22.8 Å². The first kappa shape index (κ1) is 15.5. The predicted octanol–water partition coefficient (Wildman–Crippen LogP) is 1.97. The molecule has 0 aliphatic rings. The van der Waals surface area contributed by atoms with E-state index in [1.54, 1.807) is 19.1 Å². The van der Waals surface area contributed by atoms with Crippen molar-refractivity contribution in [1.82, 2.24) is 5.32 Å². The summed E-state index contributed by atoms with van der Waals surface area (Å²) in [6, 6.07) is 14.0. The highest BCUT2D eigenvalue weighted by Gasteiger charge is 2.25. The number of amides is 2. The van der Waals surface area contributed by atoms with Crippen molar-refractivity contribution in [3.05, 3.63) is 48.0 Å². The summed E-state index contributed by atoms with van der Waals surface area (Å²) >= 11 is 0. The smallest absolute Gasteiger partial charge is 0.252 e. The molecule has 2 amide bonds. The maximum Gasteiger partial charge on any atom is 0.252 e. The number of carbonyl (C=O) groups excluding carboxylic acids is 2. The number of primary amides is 1. The van der Waals surface area contributed by atoms with E-state index in [2.05, 4.69) is 5.32 Å². The molecule has 0 unspecified atom stereocenters. The first-order chi connectivity index (χ1) is 10.5. The second-order valence-electron chi connectivity index (χ2n) is 5.22. The van der Waals surface area contributed by atoms with Gasteiger partial charge in [0, 0.05) is 12.0 Å². The molecule has 0 bridgehead atoms. The van der Waals surface area contributed by atoms with E-state index in [9.17, 15) is 9.59 Å². The molecule has 0 aromatic heterocycles. The molecule has 0 saturated heterocycles. The lowest BCUT2D eigenvalue weighted by molar-refractivity contribution is -0.120. The molecular weight excluding hydrogens is 278 g/mol. The Balaban J connectivity index is 2.30. The van der Waals surface area contributed by atoms with Gasteiger partial charge in [-0.2, -0.15) is 5.26 Å². The Morgan fingerprint density at radius 2 is 1.91 bits per heavy atom. The number of hydrogen-bond acceptors (Lipinski definition) is 3. The van der Waals surface area contributed by atoms with Crippen LogP contribution in [0.4, 0.5) is 0 Å². The first-order valence-electron chi connectivity index (χ1n) is 6.99. The number of nitrogens with one attached hydrogen (secondary N) is 1. The largest absolute Gasteiger partial charge is 0.368 e. The molecule has 0 heterocycles. The number of nitriles is 1. The molecular formula is C17H17N3O2. The molecule has 5 nitrogen and oxygen atoms in total. The molecule has 112 valence electrons. The zero-order valence-electron chi connectivity index (χ0n) is 12.2. The minimum atomic E-state index is -0.869. The van der Waals surface area contributed by atoms with Crippen molar-refractivity contribution in [3.8, 4) is 6.07 Å². The van der Waals surface area contributed by atoms with Gasteiger partial charge in [0.1, 0.15) is 6.04 Å². The van der Waals surface area contributed by atoms with Crippen molar-refractivity contribution in [3.63, 3.8) is 0 Å². The summed E-state index contributed by atoms with van der Waals surface area (Å²) in [6.07, 6.45) is 0.142. The van der Waals surface area contributed by atoms with Crippen LogP contribution in [0.15, 0.2) is 42.5 Å². The Kier molecular flexibility index (Phi) is 4.74. The average molecular weight is 295 g/mol. The van der Waals surface area contributed by atoms with Gasteiger partial charge in [0.25, 0.3) is 5.91 Å². The van der Waals surface area contributed by atoms with Crippen LogP contribution in [0.5, 0.6) is 0 Å². The second kappa shape index (κ2) is 6.72. The molecule has 2 aromatic rings. The molecule has 2 rings (SSSR count). The van der Waals surface area contributed by atoms with E-state index >= 15 is 0 Å². The Labute approximate surface area is 128 Å². The van der Waals surface area contributed by atoms with Crippen LogP contribution in [0.2, 0.25) is 0 Å². The van der Waals surface area contributed by atoms with Crippen LogP contribution < -0.4 is 11.1 Å². The summed E-state index contributed by atoms with van der Waals surface area (Å²) in [5.41, 5.74) is 5.82. The van der Waals surface area contributed by atoms with E-state index < -0.39 is 11.9 Å². The van der Waals surface area contributed by atoms with Crippen molar-refractivity contribution in [2.75, 3.05) is 0 Å². The summed E-state index contributed by atoms with van der Waals surface area (Å²) in [5, 5.41) is 13.1. The summed E-state index contributed by atoms with van der Waals surface area (Å²) in [4.78, 5) is 24.0. The van der Waals surface area contributed by atoms with Gasteiger partial charge in [0.2, 0.25) is 5.91 Å². The van der Waals surface area contributed by atoms with Crippen LogP contribution in [0.25, 0.3) is 10.8 Å². The fraction of sp³-hybridized carbons (Fsp3) is 0.235. The molecule has 22 heavy (non-hydrogen) atoms. The van der Waals surface area contributed by atoms with Gasteiger partial charge in [-0.15, -0.1) is 0 Å². The Hall–Kier alpha value is -2.87. The SMILES string of the molecule is C[C@H](CC#N)[C@H](NC(=O)c1cccc2ccccc12)C(N)=O. The third kappa shape index (κ3) is 3.23. The molecule has 0 aliphatic heterocycles. The molecule has 2 aromatic carbocycles. The van der Waals surface area contributed by atoms with Crippen LogP contribution >= 0.6 is 0 Å². The van der Waals surface area contributed by atoms with Crippen molar-refractivity contribution < 1.29 is 9.59 Å². The number of fused-ring (bicyclic) bond motifs is 1. The molecule has 0 aliphatic carbocycles. The van der Waals surface area contributed by atoms with Crippen LogP contribution in [-0.2, 0) is 4.79 Å². The lowest BCUT2D eigenvalue weighted by Gasteiger charge is -2.20. The van der Waals surface area contributed by atoms with Crippen molar-refractivity contribution in [1.29, 1.82) is 5.26 Å². The highest BCUT2D eigenvalue weighted by molar-refractivity contribution is 6.08. The van der Waals surface area contributed by atoms with E-state index in [4.69, 9.17) is 11.0 Å². The predicted molar refractivity (Wildman–Crippen MR) is 83.8 cm³/mol. The van der Waals surface area contributed by atoms with Gasteiger partial charge in [-0.25, -0.2) is 0 Å². The monoisotopic (exact) mass is 295 g/mol. The summed E-state index contributed by atoms with van der Waals surface area (Å²) < 4.78 is 0. The Morgan fingerprint density at radius 3 is 2.59 bits per heavy atom. The van der Waals surface area contributed by atoms with Crippen molar-refractivity contribution in [2.24, 2.45) is 11.7 Å². The summed E-state index contributed by atoms with van der Waals surface area (Å²) in [7, 11) is 0. The van der Waals surface area contributed by atoms with Crippen LogP contribution in [0, 0.1) is 17.2 Å². The minimum Gasteiger partial charge on any atom is -0.368 e. The Bertz CT molecular complexity index is 744. The normalized spacial score (nSPS) is 13.1. The zero-order valence-corrected chi connectivity index (χ0v) is 12.2. The number of nitrogens with zero attached hydrogens (tertiary/aromatic N) is 1. The maximum absolute atomic E-state index is 12.5. The van der Waals surface area contributed by atoms with Gasteiger partial charge < -0.3 is 11.1 Å². The first-order valence-corrected chi connectivity index (χ1v) is 6.99. The zero-order chi connectivity index (χ0) is 16.1. The van der Waals surface area contributed by atoms with E-state index in [0.717, 1.165) is 10.8 Å². The second-order valence-corrected chi connectivity index (χ2v) is 5.22. The number of nitrogens with two attached hydrogens (primary N) is 1. The van der Waals surface area contributed by atoms with Gasteiger partial charge in [-0.1, -0.05) is 43.3 Å². The standard InChI is InChI=1S/C17H17N3O2/c1-11(9-10-18)15(16(19)21)20-17(22)14-8-4-6-12-5-2-3-7-13(12)14/h2-8,11,15H,9H2,1H3,(H2,19,21)(H,20,22)/t11-,15+/m1/s1. The average Bonchev–Trinajstić information content (AvgIpc) is 2.51. The summed E-state index contributed by atoms with van der Waals surface area (Å²) in [5.74, 6) is -1.36. The highest BCUT2D eigenvalue weighted by atomic mass is 16.2. The van der Waals surface area contributed by atoms with Crippen molar-refractivity contribution >= 4 is 22.6 Å². The number of hydrogen-bond donors (Lipinski definition) is 2. The molecule has 0 spiro atoms. The highest BCUT2D eigenvalue weighted by Crippen LogP contribution is 2.19. The van der Waals surface area contributed by atoms with Crippen LogP contribution in [0.1, 0.15) is 23.7 Å².